The molecule has 0 atom stereocenters. The predicted molar refractivity (Wildman–Crippen MR) is 96.5 cm³/mol. The zero-order valence-corrected chi connectivity index (χ0v) is 12.0. The van der Waals surface area contributed by atoms with Crippen LogP contribution in [0.1, 0.15) is 1.37 Å². The smallest absolute Gasteiger partial charge is 0.0616 e. The van der Waals surface area contributed by atoms with Crippen molar-refractivity contribution < 1.29 is 1.37 Å². The minimum absolute atomic E-state index is 0.559. The van der Waals surface area contributed by atoms with Gasteiger partial charge in [0.05, 0.1) is 1.37 Å². The molecular weight excluding hydrogens is 264 g/mol. The van der Waals surface area contributed by atoms with E-state index in [1.807, 2.05) is 18.2 Å². The molecule has 0 heterocycles. The van der Waals surface area contributed by atoms with Gasteiger partial charge in [-0.3, -0.25) is 0 Å². The zero-order valence-electron chi connectivity index (χ0n) is 13.0. The molecule has 0 saturated heterocycles. The molecule has 0 saturated carbocycles. The lowest BCUT2D eigenvalue weighted by atomic mass is 9.97. The molecule has 0 fully saturated rings. The molecule has 0 radical (unpaired) electrons. The Morgan fingerprint density at radius 1 is 0.409 bits per heavy atom. The first-order valence-corrected chi connectivity index (χ1v) is 7.53. The Balaban J connectivity index is 1.90. The Morgan fingerprint density at radius 2 is 0.773 bits per heavy atom. The maximum absolute atomic E-state index is 7.81. The molecule has 0 spiro atoms. The van der Waals surface area contributed by atoms with Gasteiger partial charge in [-0.15, -0.1) is 0 Å². The summed E-state index contributed by atoms with van der Waals surface area (Å²) in [6, 6.07) is 28.3. The summed E-state index contributed by atoms with van der Waals surface area (Å²) in [5.41, 5.74) is 0. The van der Waals surface area contributed by atoms with Crippen LogP contribution in [0, 0.1) is 0 Å². The summed E-state index contributed by atoms with van der Waals surface area (Å²) in [6.07, 6.45) is 0. The van der Waals surface area contributed by atoms with Crippen LogP contribution >= 0.6 is 0 Å². The third kappa shape index (κ3) is 1.71. The fourth-order valence-corrected chi connectivity index (χ4v) is 3.32. The van der Waals surface area contributed by atoms with Crippen molar-refractivity contribution in [2.24, 2.45) is 0 Å². The van der Waals surface area contributed by atoms with Crippen molar-refractivity contribution in [1.29, 1.82) is 0 Å². The molecule has 5 aromatic carbocycles. The minimum Gasteiger partial charge on any atom is -0.0616 e. The third-order valence-electron chi connectivity index (χ3n) is 4.46. The Morgan fingerprint density at radius 3 is 1.27 bits per heavy atom. The Labute approximate surface area is 130 Å². The fourth-order valence-electron chi connectivity index (χ4n) is 3.32. The number of fused-ring (bicyclic) bond motifs is 4. The number of hydrogen-bond donors (Lipinski definition) is 0. The average Bonchev–Trinajstić information content (AvgIpc) is 2.56. The van der Waals surface area contributed by atoms with Crippen LogP contribution in [0.25, 0.3) is 43.1 Å². The molecule has 5 rings (SSSR count). The van der Waals surface area contributed by atoms with E-state index in [1.165, 1.54) is 37.7 Å². The summed E-state index contributed by atoms with van der Waals surface area (Å²) < 4.78 is 7.81. The van der Waals surface area contributed by atoms with Gasteiger partial charge in [0.1, 0.15) is 0 Å². The van der Waals surface area contributed by atoms with Gasteiger partial charge in [0.25, 0.3) is 0 Å². The second-order valence-corrected chi connectivity index (χ2v) is 5.87. The van der Waals surface area contributed by atoms with Crippen molar-refractivity contribution in [1.82, 2.24) is 0 Å². The highest BCUT2D eigenvalue weighted by Gasteiger charge is 2.02. The van der Waals surface area contributed by atoms with E-state index in [2.05, 4.69) is 60.7 Å². The van der Waals surface area contributed by atoms with Crippen LogP contribution in [0.5, 0.6) is 0 Å². The molecule has 0 bridgehead atoms. The Kier molecular flexibility index (Phi) is 2.12. The fraction of sp³-hybridized carbons (Fsp3) is 0. The quantitative estimate of drug-likeness (QED) is 0.292. The molecule has 0 aliphatic carbocycles. The number of rotatable bonds is 0. The third-order valence-corrected chi connectivity index (χ3v) is 4.46. The molecule has 0 aromatic heterocycles. The predicted octanol–water partition coefficient (Wildman–Crippen LogP) is 6.30. The maximum atomic E-state index is 7.81. The first-order chi connectivity index (χ1) is 11.3. The number of benzene rings is 5. The highest BCUT2D eigenvalue weighted by Crippen LogP contribution is 2.29. The highest BCUT2D eigenvalue weighted by atomic mass is 14.1. The number of hydrogen-bond acceptors (Lipinski definition) is 0. The van der Waals surface area contributed by atoms with Gasteiger partial charge in [-0.1, -0.05) is 48.5 Å². The van der Waals surface area contributed by atoms with Crippen molar-refractivity contribution in [3.63, 3.8) is 0 Å². The van der Waals surface area contributed by atoms with Crippen molar-refractivity contribution in [3.05, 3.63) is 84.9 Å². The van der Waals surface area contributed by atoms with Crippen molar-refractivity contribution in [2.45, 2.75) is 0 Å². The molecule has 0 unspecified atom stereocenters. The molecule has 0 heteroatoms. The van der Waals surface area contributed by atoms with Gasteiger partial charge in [0.2, 0.25) is 0 Å². The zero-order chi connectivity index (χ0) is 15.4. The van der Waals surface area contributed by atoms with E-state index in [4.69, 9.17) is 1.37 Å². The van der Waals surface area contributed by atoms with Crippen LogP contribution in [0.15, 0.2) is 84.9 Å². The molecule has 22 heavy (non-hydrogen) atoms. The average molecular weight is 279 g/mol. The largest absolute Gasteiger partial charge is 0.0623 e. The van der Waals surface area contributed by atoms with E-state index < -0.39 is 0 Å². The van der Waals surface area contributed by atoms with Gasteiger partial charge in [0.15, 0.2) is 0 Å². The second-order valence-electron chi connectivity index (χ2n) is 5.87. The van der Waals surface area contributed by atoms with Crippen LogP contribution in [-0.2, 0) is 0 Å². The molecule has 0 aliphatic heterocycles. The van der Waals surface area contributed by atoms with E-state index in [0.29, 0.717) is 6.04 Å². The van der Waals surface area contributed by atoms with Crippen LogP contribution in [0.3, 0.4) is 0 Å². The van der Waals surface area contributed by atoms with Gasteiger partial charge in [-0.05, 0) is 79.5 Å². The molecule has 5 aromatic rings. The van der Waals surface area contributed by atoms with E-state index >= 15 is 0 Å². The molecule has 0 amide bonds. The molecular formula is C22H14. The van der Waals surface area contributed by atoms with Crippen LogP contribution < -0.4 is 0 Å². The summed E-state index contributed by atoms with van der Waals surface area (Å²) in [4.78, 5) is 0. The van der Waals surface area contributed by atoms with Crippen molar-refractivity contribution in [2.75, 3.05) is 0 Å². The summed E-state index contributed by atoms with van der Waals surface area (Å²) >= 11 is 0. The van der Waals surface area contributed by atoms with Gasteiger partial charge in [-0.25, -0.2) is 0 Å². The first-order valence-electron chi connectivity index (χ1n) is 8.03. The minimum atomic E-state index is 0.559. The lowest BCUT2D eigenvalue weighted by Crippen LogP contribution is -1.80. The van der Waals surface area contributed by atoms with Gasteiger partial charge in [0, 0.05) is 0 Å². The van der Waals surface area contributed by atoms with Crippen molar-refractivity contribution in [3.8, 4) is 0 Å². The Bertz CT molecular complexity index is 1220. The lowest BCUT2D eigenvalue weighted by molar-refractivity contribution is 1.78. The van der Waals surface area contributed by atoms with Crippen molar-refractivity contribution >= 4 is 43.1 Å². The summed E-state index contributed by atoms with van der Waals surface area (Å²) in [6.45, 7) is 0. The monoisotopic (exact) mass is 279 g/mol. The molecule has 0 nitrogen and oxygen atoms in total. The molecule has 102 valence electrons. The maximum Gasteiger partial charge on any atom is 0.0623 e. The SMILES string of the molecule is [2H]c1ccc2cc3cc4cc5ccccc5cc4cc3cc2c1. The second kappa shape index (κ2) is 4.32. The highest BCUT2D eigenvalue weighted by molar-refractivity contribution is 6.08. The molecule has 0 N–H and O–H groups in total. The van der Waals surface area contributed by atoms with E-state index in [0.717, 1.165) is 5.39 Å². The standard InChI is InChI=1S/C22H14/c1-2-6-16-10-20-14-22-12-18-8-4-3-7-17(18)11-21(22)13-19(20)9-15(16)5-1/h1-14H/i1D. The normalized spacial score (nSPS) is 12.3. The van der Waals surface area contributed by atoms with E-state index in [-0.39, 0.29) is 0 Å². The first kappa shape index (κ1) is 10.8. The van der Waals surface area contributed by atoms with Crippen LogP contribution in [0.2, 0.25) is 0 Å². The summed E-state index contributed by atoms with van der Waals surface area (Å²) in [5, 5.41) is 9.88. The Hall–Kier alpha value is -2.86. The van der Waals surface area contributed by atoms with Gasteiger partial charge >= 0.3 is 0 Å². The lowest BCUT2D eigenvalue weighted by Gasteiger charge is -2.07. The van der Waals surface area contributed by atoms with Gasteiger partial charge < -0.3 is 0 Å². The van der Waals surface area contributed by atoms with E-state index in [1.54, 1.807) is 0 Å². The summed E-state index contributed by atoms with van der Waals surface area (Å²) in [7, 11) is 0. The van der Waals surface area contributed by atoms with Crippen LogP contribution in [-0.4, -0.2) is 0 Å². The van der Waals surface area contributed by atoms with E-state index in [9.17, 15) is 0 Å². The van der Waals surface area contributed by atoms with Crippen LogP contribution in [0.4, 0.5) is 0 Å². The summed E-state index contributed by atoms with van der Waals surface area (Å²) in [5.74, 6) is 0. The molecule has 0 aliphatic rings. The topological polar surface area (TPSA) is 0 Å². The van der Waals surface area contributed by atoms with Gasteiger partial charge in [-0.2, -0.15) is 0 Å².